The van der Waals surface area contributed by atoms with Crippen molar-refractivity contribution in [3.8, 4) is 0 Å². The van der Waals surface area contributed by atoms with E-state index in [4.69, 9.17) is 0 Å². The van der Waals surface area contributed by atoms with E-state index in [0.717, 1.165) is 17.7 Å². The molecule has 0 heterocycles. The van der Waals surface area contributed by atoms with E-state index < -0.39 is 23.6 Å². The molecule has 0 aliphatic rings. The molecule has 21 heavy (non-hydrogen) atoms. The van der Waals surface area contributed by atoms with Crippen molar-refractivity contribution in [2.75, 3.05) is 0 Å². The maximum Gasteiger partial charge on any atom is 0.321 e. The van der Waals surface area contributed by atoms with Gasteiger partial charge < -0.3 is 5.11 Å². The number of carboxylic acids is 1. The van der Waals surface area contributed by atoms with E-state index in [2.05, 4.69) is 5.32 Å². The number of halogens is 2. The Morgan fingerprint density at radius 2 is 1.86 bits per heavy atom. The normalized spacial score (nSPS) is 12.1. The lowest BCUT2D eigenvalue weighted by molar-refractivity contribution is -0.139. The number of carbonyl (C=O) groups is 1. The Morgan fingerprint density at radius 1 is 1.14 bits per heavy atom. The Labute approximate surface area is 121 Å². The predicted octanol–water partition coefficient (Wildman–Crippen LogP) is 2.75. The predicted molar refractivity (Wildman–Crippen MR) is 74.8 cm³/mol. The van der Waals surface area contributed by atoms with Gasteiger partial charge in [-0.05, 0) is 18.1 Å². The van der Waals surface area contributed by atoms with Gasteiger partial charge in [-0.15, -0.1) is 0 Å². The fraction of sp³-hybridized carbons (Fsp3) is 0.188. The third-order valence-corrected chi connectivity index (χ3v) is 3.13. The second kappa shape index (κ2) is 6.95. The summed E-state index contributed by atoms with van der Waals surface area (Å²) in [5.41, 5.74) is 1.10. The molecule has 0 aliphatic heterocycles. The van der Waals surface area contributed by atoms with Crippen molar-refractivity contribution < 1.29 is 18.7 Å². The smallest absolute Gasteiger partial charge is 0.321 e. The molecule has 1 atom stereocenters. The molecular formula is C16H15F2NO2. The van der Waals surface area contributed by atoms with Crippen molar-refractivity contribution in [1.29, 1.82) is 0 Å². The van der Waals surface area contributed by atoms with Crippen LogP contribution in [0.5, 0.6) is 0 Å². The highest BCUT2D eigenvalue weighted by atomic mass is 19.1. The van der Waals surface area contributed by atoms with Gasteiger partial charge in [0, 0.05) is 18.2 Å². The van der Waals surface area contributed by atoms with Crippen LogP contribution in [0.1, 0.15) is 11.1 Å². The zero-order valence-electron chi connectivity index (χ0n) is 11.2. The number of rotatable bonds is 6. The van der Waals surface area contributed by atoms with Crippen LogP contribution in [0, 0.1) is 11.6 Å². The summed E-state index contributed by atoms with van der Waals surface area (Å²) >= 11 is 0. The highest BCUT2D eigenvalue weighted by molar-refractivity contribution is 5.73. The van der Waals surface area contributed by atoms with Crippen molar-refractivity contribution in [2.24, 2.45) is 0 Å². The molecule has 0 amide bonds. The number of hydrogen-bond donors (Lipinski definition) is 2. The van der Waals surface area contributed by atoms with E-state index >= 15 is 0 Å². The average molecular weight is 291 g/mol. The van der Waals surface area contributed by atoms with E-state index in [1.165, 1.54) is 6.07 Å². The van der Waals surface area contributed by atoms with Crippen LogP contribution in [-0.2, 0) is 17.8 Å². The van der Waals surface area contributed by atoms with Crippen molar-refractivity contribution in [1.82, 2.24) is 5.32 Å². The molecule has 1 unspecified atom stereocenters. The number of carboxylic acid groups (broad SMARTS) is 1. The molecule has 2 N–H and O–H groups in total. The van der Waals surface area contributed by atoms with Gasteiger partial charge in [0.15, 0.2) is 0 Å². The molecule has 0 radical (unpaired) electrons. The molecule has 5 heteroatoms. The van der Waals surface area contributed by atoms with Gasteiger partial charge in [-0.25, -0.2) is 8.78 Å². The van der Waals surface area contributed by atoms with Crippen molar-refractivity contribution in [3.63, 3.8) is 0 Å². The first-order valence-corrected chi connectivity index (χ1v) is 6.50. The zero-order chi connectivity index (χ0) is 15.2. The lowest BCUT2D eigenvalue weighted by Crippen LogP contribution is -2.38. The zero-order valence-corrected chi connectivity index (χ0v) is 11.2. The maximum absolute atomic E-state index is 13.5. The summed E-state index contributed by atoms with van der Waals surface area (Å²) in [5, 5.41) is 12.0. The number of hydrogen-bond acceptors (Lipinski definition) is 2. The molecule has 3 nitrogen and oxygen atoms in total. The molecule has 0 aromatic heterocycles. The van der Waals surface area contributed by atoms with E-state index in [9.17, 15) is 18.7 Å². The fourth-order valence-electron chi connectivity index (χ4n) is 1.99. The minimum Gasteiger partial charge on any atom is -0.480 e. The minimum atomic E-state index is -1.01. The van der Waals surface area contributed by atoms with Crippen LogP contribution >= 0.6 is 0 Å². The van der Waals surface area contributed by atoms with Crippen LogP contribution in [-0.4, -0.2) is 17.1 Å². The molecule has 2 aromatic carbocycles. The minimum absolute atomic E-state index is 0.0237. The molecule has 0 aliphatic carbocycles. The van der Waals surface area contributed by atoms with Gasteiger partial charge >= 0.3 is 5.97 Å². The van der Waals surface area contributed by atoms with Gasteiger partial charge in [0.2, 0.25) is 0 Å². The SMILES string of the molecule is O=C(O)C(Cc1ccccc1)NCc1ccc(F)cc1F. The Balaban J connectivity index is 2.02. The van der Waals surface area contributed by atoms with Crippen molar-refractivity contribution in [3.05, 3.63) is 71.3 Å². The van der Waals surface area contributed by atoms with Crippen LogP contribution in [0.3, 0.4) is 0 Å². The summed E-state index contributed by atoms with van der Waals surface area (Å²) in [6.45, 7) is 0.0237. The van der Waals surface area contributed by atoms with Crippen molar-refractivity contribution >= 4 is 5.97 Å². The summed E-state index contributed by atoms with van der Waals surface area (Å²) in [6.07, 6.45) is 0.291. The van der Waals surface area contributed by atoms with Gasteiger partial charge in [0.05, 0.1) is 0 Å². The summed E-state index contributed by atoms with van der Waals surface area (Å²) in [4.78, 5) is 11.2. The van der Waals surface area contributed by atoms with E-state index in [1.54, 1.807) is 0 Å². The Bertz CT molecular complexity index is 617. The standard InChI is InChI=1S/C16H15F2NO2/c17-13-7-6-12(14(18)9-13)10-19-15(16(20)21)8-11-4-2-1-3-5-11/h1-7,9,15,19H,8,10H2,(H,20,21). The number of benzene rings is 2. The Hall–Kier alpha value is -2.27. The van der Waals surface area contributed by atoms with Gasteiger partial charge in [-0.2, -0.15) is 0 Å². The lowest BCUT2D eigenvalue weighted by Gasteiger charge is -2.15. The third-order valence-electron chi connectivity index (χ3n) is 3.13. The monoisotopic (exact) mass is 291 g/mol. The first kappa shape index (κ1) is 15.1. The van der Waals surface area contributed by atoms with Crippen LogP contribution in [0.4, 0.5) is 8.78 Å². The average Bonchev–Trinajstić information content (AvgIpc) is 2.46. The topological polar surface area (TPSA) is 49.3 Å². The van der Waals surface area contributed by atoms with Crippen LogP contribution in [0.2, 0.25) is 0 Å². The summed E-state index contributed by atoms with van der Waals surface area (Å²) < 4.78 is 26.3. The fourth-order valence-corrected chi connectivity index (χ4v) is 1.99. The second-order valence-corrected chi connectivity index (χ2v) is 4.70. The first-order valence-electron chi connectivity index (χ1n) is 6.50. The highest BCUT2D eigenvalue weighted by Crippen LogP contribution is 2.10. The molecule has 2 rings (SSSR count). The molecule has 0 fully saturated rings. The van der Waals surface area contributed by atoms with Gasteiger partial charge in [-0.3, -0.25) is 10.1 Å². The largest absolute Gasteiger partial charge is 0.480 e. The Kier molecular flexibility index (Phi) is 5.00. The molecule has 0 bridgehead atoms. The van der Waals surface area contributed by atoms with Gasteiger partial charge in [0.1, 0.15) is 17.7 Å². The van der Waals surface area contributed by atoms with E-state index in [1.807, 2.05) is 30.3 Å². The summed E-state index contributed by atoms with van der Waals surface area (Å²) in [6, 6.07) is 11.6. The van der Waals surface area contributed by atoms with Crippen molar-refractivity contribution in [2.45, 2.75) is 19.0 Å². The third kappa shape index (κ3) is 4.36. The van der Waals surface area contributed by atoms with Crippen LogP contribution in [0.15, 0.2) is 48.5 Å². The molecule has 2 aromatic rings. The first-order chi connectivity index (χ1) is 10.1. The molecular weight excluding hydrogens is 276 g/mol. The maximum atomic E-state index is 13.5. The van der Waals surface area contributed by atoms with Gasteiger partial charge in [0.25, 0.3) is 0 Å². The van der Waals surface area contributed by atoms with E-state index in [0.29, 0.717) is 6.42 Å². The molecule has 0 saturated heterocycles. The highest BCUT2D eigenvalue weighted by Gasteiger charge is 2.18. The van der Waals surface area contributed by atoms with Crippen LogP contribution in [0.25, 0.3) is 0 Å². The quantitative estimate of drug-likeness (QED) is 0.860. The number of nitrogens with one attached hydrogen (secondary N) is 1. The molecule has 110 valence electrons. The Morgan fingerprint density at radius 3 is 2.48 bits per heavy atom. The van der Waals surface area contributed by atoms with Crippen LogP contribution < -0.4 is 5.32 Å². The summed E-state index contributed by atoms with van der Waals surface area (Å²) in [7, 11) is 0. The summed E-state index contributed by atoms with van der Waals surface area (Å²) in [5.74, 6) is -2.36. The number of aliphatic carboxylic acids is 1. The second-order valence-electron chi connectivity index (χ2n) is 4.70. The van der Waals surface area contributed by atoms with E-state index in [-0.39, 0.29) is 12.1 Å². The molecule has 0 spiro atoms. The molecule has 0 saturated carbocycles. The van der Waals surface area contributed by atoms with Gasteiger partial charge in [-0.1, -0.05) is 36.4 Å². The lowest BCUT2D eigenvalue weighted by atomic mass is 10.1.